The van der Waals surface area contributed by atoms with Crippen LogP contribution in [-0.4, -0.2) is 24.2 Å². The number of benzene rings is 1. The minimum atomic E-state index is -0.263. The maximum atomic E-state index is 11.4. The van der Waals surface area contributed by atoms with Gasteiger partial charge in [0.05, 0.1) is 12.1 Å². The SMILES string of the molecule is O=C1OCCN1c1ccc(CNCc2cncs2)cc1. The molecule has 0 bridgehead atoms. The van der Waals surface area contributed by atoms with E-state index in [0.717, 1.165) is 18.8 Å². The molecule has 1 N–H and O–H groups in total. The summed E-state index contributed by atoms with van der Waals surface area (Å²) in [7, 11) is 0. The minimum Gasteiger partial charge on any atom is -0.447 e. The molecule has 0 aliphatic carbocycles. The summed E-state index contributed by atoms with van der Waals surface area (Å²) in [4.78, 5) is 18.4. The van der Waals surface area contributed by atoms with E-state index in [1.54, 1.807) is 16.2 Å². The molecule has 2 heterocycles. The van der Waals surface area contributed by atoms with Crippen molar-refractivity contribution in [3.63, 3.8) is 0 Å². The maximum Gasteiger partial charge on any atom is 0.414 e. The standard InChI is InChI=1S/C14H15N3O2S/c18-14-17(5-6-19-14)12-3-1-11(2-4-12)7-15-8-13-9-16-10-20-13/h1-4,9-10,15H,5-8H2. The molecule has 1 aromatic heterocycles. The summed E-state index contributed by atoms with van der Waals surface area (Å²) >= 11 is 1.65. The predicted molar refractivity (Wildman–Crippen MR) is 77.8 cm³/mol. The molecule has 0 unspecified atom stereocenters. The van der Waals surface area contributed by atoms with Gasteiger partial charge in [-0.25, -0.2) is 4.79 Å². The highest BCUT2D eigenvalue weighted by molar-refractivity contribution is 7.09. The van der Waals surface area contributed by atoms with Gasteiger partial charge < -0.3 is 10.1 Å². The quantitative estimate of drug-likeness (QED) is 0.918. The van der Waals surface area contributed by atoms with Gasteiger partial charge in [0.15, 0.2) is 0 Å². The number of cyclic esters (lactones) is 1. The lowest BCUT2D eigenvalue weighted by Gasteiger charge is -2.13. The summed E-state index contributed by atoms with van der Waals surface area (Å²) in [5, 5.41) is 3.37. The number of thiazole rings is 1. The Hall–Kier alpha value is -1.92. The van der Waals surface area contributed by atoms with Crippen LogP contribution in [0.2, 0.25) is 0 Å². The number of nitrogens with one attached hydrogen (secondary N) is 1. The number of carbonyl (C=O) groups is 1. The van der Waals surface area contributed by atoms with E-state index in [0.29, 0.717) is 13.2 Å². The molecule has 0 radical (unpaired) electrons. The Labute approximate surface area is 121 Å². The lowest BCUT2D eigenvalue weighted by atomic mass is 10.2. The average Bonchev–Trinajstić information content (AvgIpc) is 3.11. The number of rotatable bonds is 5. The molecular formula is C14H15N3O2S. The van der Waals surface area contributed by atoms with Crippen molar-refractivity contribution in [2.45, 2.75) is 13.1 Å². The normalized spacial score (nSPS) is 14.6. The van der Waals surface area contributed by atoms with Crippen molar-refractivity contribution in [2.24, 2.45) is 0 Å². The van der Waals surface area contributed by atoms with Crippen LogP contribution in [0.25, 0.3) is 0 Å². The van der Waals surface area contributed by atoms with Crippen molar-refractivity contribution in [1.29, 1.82) is 0 Å². The number of hydrogen-bond acceptors (Lipinski definition) is 5. The lowest BCUT2D eigenvalue weighted by Crippen LogP contribution is -2.23. The number of ether oxygens (including phenoxy) is 1. The van der Waals surface area contributed by atoms with Crippen molar-refractivity contribution in [2.75, 3.05) is 18.1 Å². The summed E-state index contributed by atoms with van der Waals surface area (Å²) in [5.41, 5.74) is 3.91. The first-order valence-corrected chi connectivity index (χ1v) is 7.32. The van der Waals surface area contributed by atoms with Gasteiger partial charge in [-0.15, -0.1) is 11.3 Å². The zero-order chi connectivity index (χ0) is 13.8. The largest absolute Gasteiger partial charge is 0.447 e. The van der Waals surface area contributed by atoms with Gasteiger partial charge in [0.2, 0.25) is 0 Å². The van der Waals surface area contributed by atoms with Crippen LogP contribution in [0.5, 0.6) is 0 Å². The number of nitrogens with zero attached hydrogens (tertiary/aromatic N) is 2. The second kappa shape index (κ2) is 6.02. The fourth-order valence-electron chi connectivity index (χ4n) is 2.08. The molecule has 1 aliphatic heterocycles. The third kappa shape index (κ3) is 2.97. The molecule has 20 heavy (non-hydrogen) atoms. The summed E-state index contributed by atoms with van der Waals surface area (Å²) in [6, 6.07) is 7.97. The van der Waals surface area contributed by atoms with Crippen LogP contribution in [-0.2, 0) is 17.8 Å². The number of carbonyl (C=O) groups excluding carboxylic acids is 1. The molecule has 3 rings (SSSR count). The molecule has 1 fully saturated rings. The molecule has 1 saturated heterocycles. The molecule has 5 nitrogen and oxygen atoms in total. The van der Waals surface area contributed by atoms with Gasteiger partial charge >= 0.3 is 6.09 Å². The topological polar surface area (TPSA) is 54.5 Å². The van der Waals surface area contributed by atoms with Gasteiger partial charge in [0, 0.05) is 29.9 Å². The third-order valence-electron chi connectivity index (χ3n) is 3.12. The highest BCUT2D eigenvalue weighted by atomic mass is 32.1. The van der Waals surface area contributed by atoms with Gasteiger partial charge in [0.25, 0.3) is 0 Å². The summed E-state index contributed by atoms with van der Waals surface area (Å²) in [6.45, 7) is 2.71. The van der Waals surface area contributed by atoms with Crippen LogP contribution in [0.4, 0.5) is 10.5 Å². The van der Waals surface area contributed by atoms with Crippen LogP contribution in [0.3, 0.4) is 0 Å². The molecule has 0 atom stereocenters. The smallest absolute Gasteiger partial charge is 0.414 e. The molecule has 2 aromatic rings. The first-order chi connectivity index (χ1) is 9.83. The maximum absolute atomic E-state index is 11.4. The molecule has 104 valence electrons. The lowest BCUT2D eigenvalue weighted by molar-refractivity contribution is 0.181. The van der Waals surface area contributed by atoms with Gasteiger partial charge in [-0.05, 0) is 17.7 Å². The van der Waals surface area contributed by atoms with Crippen LogP contribution in [0, 0.1) is 0 Å². The number of anilines is 1. The molecular weight excluding hydrogens is 274 g/mol. The van der Waals surface area contributed by atoms with Gasteiger partial charge in [-0.2, -0.15) is 0 Å². The molecule has 1 aromatic carbocycles. The van der Waals surface area contributed by atoms with E-state index in [4.69, 9.17) is 4.74 Å². The first-order valence-electron chi connectivity index (χ1n) is 6.44. The fraction of sp³-hybridized carbons (Fsp3) is 0.286. The highest BCUT2D eigenvalue weighted by Gasteiger charge is 2.23. The van der Waals surface area contributed by atoms with E-state index in [9.17, 15) is 4.79 Å². The molecule has 6 heteroatoms. The molecule has 1 amide bonds. The summed E-state index contributed by atoms with van der Waals surface area (Å²) in [5.74, 6) is 0. The Balaban J connectivity index is 1.54. The average molecular weight is 289 g/mol. The van der Waals surface area contributed by atoms with Gasteiger partial charge in [-0.3, -0.25) is 9.88 Å². The second-order valence-electron chi connectivity index (χ2n) is 4.50. The van der Waals surface area contributed by atoms with E-state index in [2.05, 4.69) is 10.3 Å². The van der Waals surface area contributed by atoms with Crippen molar-refractivity contribution in [3.05, 3.63) is 46.4 Å². The van der Waals surface area contributed by atoms with Gasteiger partial charge in [-0.1, -0.05) is 12.1 Å². The Bertz CT molecular complexity index is 569. The molecule has 0 saturated carbocycles. The summed E-state index contributed by atoms with van der Waals surface area (Å²) in [6.07, 6.45) is 1.61. The molecule has 0 spiro atoms. The first kappa shape index (κ1) is 13.1. The van der Waals surface area contributed by atoms with Crippen LogP contribution in [0.1, 0.15) is 10.4 Å². The van der Waals surface area contributed by atoms with E-state index < -0.39 is 0 Å². The Morgan fingerprint density at radius 1 is 1.30 bits per heavy atom. The summed E-state index contributed by atoms with van der Waals surface area (Å²) < 4.78 is 4.93. The van der Waals surface area contributed by atoms with Crippen LogP contribution in [0.15, 0.2) is 36.0 Å². The Morgan fingerprint density at radius 2 is 2.15 bits per heavy atom. The third-order valence-corrected chi connectivity index (χ3v) is 3.90. The number of hydrogen-bond donors (Lipinski definition) is 1. The predicted octanol–water partition coefficient (Wildman–Crippen LogP) is 2.39. The van der Waals surface area contributed by atoms with Crippen molar-refractivity contribution < 1.29 is 9.53 Å². The Morgan fingerprint density at radius 3 is 2.80 bits per heavy atom. The number of amides is 1. The highest BCUT2D eigenvalue weighted by Crippen LogP contribution is 2.19. The van der Waals surface area contributed by atoms with E-state index in [-0.39, 0.29) is 6.09 Å². The Kier molecular flexibility index (Phi) is 3.94. The van der Waals surface area contributed by atoms with E-state index >= 15 is 0 Å². The second-order valence-corrected chi connectivity index (χ2v) is 5.47. The van der Waals surface area contributed by atoms with Crippen molar-refractivity contribution >= 4 is 23.1 Å². The van der Waals surface area contributed by atoms with Gasteiger partial charge in [0.1, 0.15) is 6.61 Å². The zero-order valence-electron chi connectivity index (χ0n) is 10.9. The minimum absolute atomic E-state index is 0.263. The van der Waals surface area contributed by atoms with E-state index in [1.807, 2.05) is 36.0 Å². The van der Waals surface area contributed by atoms with Crippen LogP contribution < -0.4 is 10.2 Å². The number of aromatic nitrogens is 1. The van der Waals surface area contributed by atoms with Crippen molar-refractivity contribution in [1.82, 2.24) is 10.3 Å². The fourth-order valence-corrected chi connectivity index (χ4v) is 2.65. The monoisotopic (exact) mass is 289 g/mol. The zero-order valence-corrected chi connectivity index (χ0v) is 11.7. The van der Waals surface area contributed by atoms with Crippen LogP contribution >= 0.6 is 11.3 Å². The van der Waals surface area contributed by atoms with E-state index in [1.165, 1.54) is 10.4 Å². The molecule has 1 aliphatic rings. The van der Waals surface area contributed by atoms with Crippen molar-refractivity contribution in [3.8, 4) is 0 Å².